The molecule has 0 amide bonds. The lowest BCUT2D eigenvalue weighted by atomic mass is 9.97. The zero-order chi connectivity index (χ0) is 18.7. The molecule has 0 unspecified atom stereocenters. The molecule has 1 aromatic heterocycles. The van der Waals surface area contributed by atoms with E-state index in [1.807, 2.05) is 0 Å². The molecule has 0 saturated carbocycles. The van der Waals surface area contributed by atoms with Gasteiger partial charge in [-0.05, 0) is 46.5 Å². The van der Waals surface area contributed by atoms with E-state index in [0.717, 1.165) is 4.47 Å². The van der Waals surface area contributed by atoms with Crippen LogP contribution in [0.15, 0.2) is 102 Å². The lowest BCUT2D eigenvalue weighted by Gasteiger charge is -2.12. The van der Waals surface area contributed by atoms with Crippen LogP contribution in [-0.2, 0) is 0 Å². The van der Waals surface area contributed by atoms with Crippen molar-refractivity contribution in [1.29, 1.82) is 0 Å². The normalized spacial score (nSPS) is 11.8. The van der Waals surface area contributed by atoms with Crippen molar-refractivity contribution in [3.63, 3.8) is 0 Å². The van der Waals surface area contributed by atoms with Gasteiger partial charge in [0.1, 0.15) is 0 Å². The molecular formula is C26H16BrN. The topological polar surface area (TPSA) is 4.93 Å². The van der Waals surface area contributed by atoms with E-state index in [-0.39, 0.29) is 0 Å². The van der Waals surface area contributed by atoms with Crippen LogP contribution in [0.2, 0.25) is 0 Å². The van der Waals surface area contributed by atoms with Crippen LogP contribution in [0.5, 0.6) is 0 Å². The van der Waals surface area contributed by atoms with E-state index in [1.165, 1.54) is 49.0 Å². The molecule has 6 aromatic rings. The minimum atomic E-state index is 1.10. The van der Waals surface area contributed by atoms with Crippen LogP contribution in [0.25, 0.3) is 49.0 Å². The minimum Gasteiger partial charge on any atom is -0.309 e. The molecule has 2 heteroatoms. The Morgan fingerprint density at radius 2 is 1.14 bits per heavy atom. The minimum absolute atomic E-state index is 1.10. The number of aromatic nitrogens is 1. The standard InChI is InChI=1S/C26H16BrN/c27-17-14-15-24-23(16-17)25-21-12-6-4-10-19(21)20-11-5-7-13-22(20)26(25)28(24)18-8-2-1-3-9-18/h1-16H. The van der Waals surface area contributed by atoms with Crippen LogP contribution < -0.4 is 0 Å². The highest BCUT2D eigenvalue weighted by atomic mass is 79.9. The van der Waals surface area contributed by atoms with Crippen molar-refractivity contribution < 1.29 is 0 Å². The Morgan fingerprint density at radius 1 is 0.536 bits per heavy atom. The van der Waals surface area contributed by atoms with Gasteiger partial charge in [0, 0.05) is 26.3 Å². The Balaban J connectivity index is 2.02. The van der Waals surface area contributed by atoms with Crippen molar-refractivity contribution in [1.82, 2.24) is 4.57 Å². The third-order valence-corrected chi connectivity index (χ3v) is 6.11. The highest BCUT2D eigenvalue weighted by molar-refractivity contribution is 9.10. The molecular weight excluding hydrogens is 406 g/mol. The zero-order valence-corrected chi connectivity index (χ0v) is 16.6. The number of rotatable bonds is 1. The summed E-state index contributed by atoms with van der Waals surface area (Å²) >= 11 is 3.69. The predicted molar refractivity (Wildman–Crippen MR) is 123 cm³/mol. The molecule has 0 atom stereocenters. The van der Waals surface area contributed by atoms with Gasteiger partial charge in [0.2, 0.25) is 0 Å². The third-order valence-electron chi connectivity index (χ3n) is 5.61. The SMILES string of the molecule is Brc1ccc2c(c1)c1c3ccccc3c3ccccc3c1n2-c1ccccc1. The largest absolute Gasteiger partial charge is 0.309 e. The van der Waals surface area contributed by atoms with E-state index < -0.39 is 0 Å². The van der Waals surface area contributed by atoms with E-state index in [1.54, 1.807) is 0 Å². The van der Waals surface area contributed by atoms with Crippen molar-refractivity contribution in [3.8, 4) is 5.69 Å². The van der Waals surface area contributed by atoms with Gasteiger partial charge in [-0.3, -0.25) is 0 Å². The van der Waals surface area contributed by atoms with Crippen LogP contribution in [0.4, 0.5) is 0 Å². The second kappa shape index (κ2) is 5.95. The van der Waals surface area contributed by atoms with Gasteiger partial charge < -0.3 is 4.57 Å². The summed E-state index contributed by atoms with van der Waals surface area (Å²) in [7, 11) is 0. The molecule has 0 fully saturated rings. The summed E-state index contributed by atoms with van der Waals surface area (Å²) in [5, 5.41) is 7.77. The number of hydrogen-bond donors (Lipinski definition) is 0. The molecule has 28 heavy (non-hydrogen) atoms. The van der Waals surface area contributed by atoms with Crippen LogP contribution >= 0.6 is 15.9 Å². The second-order valence-corrected chi connectivity index (χ2v) is 8.06. The van der Waals surface area contributed by atoms with Gasteiger partial charge in [0.15, 0.2) is 0 Å². The van der Waals surface area contributed by atoms with Crippen molar-refractivity contribution in [2.45, 2.75) is 0 Å². The quantitative estimate of drug-likeness (QED) is 0.238. The first kappa shape index (κ1) is 15.9. The Bertz CT molecular complexity index is 1510. The van der Waals surface area contributed by atoms with Crippen molar-refractivity contribution >= 4 is 59.3 Å². The number of fused-ring (bicyclic) bond motifs is 8. The first-order chi connectivity index (χ1) is 13.8. The Labute approximate surface area is 171 Å². The predicted octanol–water partition coefficient (Wildman–Crippen LogP) is 7.85. The summed E-state index contributed by atoms with van der Waals surface area (Å²) in [6, 6.07) is 34.8. The molecule has 0 N–H and O–H groups in total. The summed E-state index contributed by atoms with van der Waals surface area (Å²) < 4.78 is 3.51. The summed E-state index contributed by atoms with van der Waals surface area (Å²) in [5.41, 5.74) is 3.68. The fourth-order valence-electron chi connectivity index (χ4n) is 4.50. The molecule has 0 spiro atoms. The zero-order valence-electron chi connectivity index (χ0n) is 15.1. The Hall–Kier alpha value is -3.10. The van der Waals surface area contributed by atoms with E-state index in [0.29, 0.717) is 0 Å². The molecule has 0 aliphatic heterocycles. The monoisotopic (exact) mass is 421 g/mol. The smallest absolute Gasteiger partial charge is 0.0625 e. The molecule has 0 bridgehead atoms. The van der Waals surface area contributed by atoms with E-state index in [9.17, 15) is 0 Å². The average Bonchev–Trinajstić information content (AvgIpc) is 3.09. The number of nitrogens with zero attached hydrogens (tertiary/aromatic N) is 1. The maximum absolute atomic E-state index is 3.69. The second-order valence-electron chi connectivity index (χ2n) is 7.15. The average molecular weight is 422 g/mol. The summed E-state index contributed by atoms with van der Waals surface area (Å²) in [6.45, 7) is 0. The molecule has 132 valence electrons. The molecule has 0 saturated heterocycles. The summed E-state index contributed by atoms with van der Waals surface area (Å²) in [4.78, 5) is 0. The van der Waals surface area contributed by atoms with Crippen LogP contribution in [-0.4, -0.2) is 4.57 Å². The Kier molecular flexibility index (Phi) is 3.38. The van der Waals surface area contributed by atoms with Gasteiger partial charge in [-0.15, -0.1) is 0 Å². The van der Waals surface area contributed by atoms with Gasteiger partial charge in [-0.1, -0.05) is 82.7 Å². The molecule has 0 radical (unpaired) electrons. The van der Waals surface area contributed by atoms with Gasteiger partial charge in [-0.25, -0.2) is 0 Å². The van der Waals surface area contributed by atoms with Crippen LogP contribution in [0, 0.1) is 0 Å². The van der Waals surface area contributed by atoms with Gasteiger partial charge >= 0.3 is 0 Å². The summed E-state index contributed by atoms with van der Waals surface area (Å²) in [5.74, 6) is 0. The first-order valence-electron chi connectivity index (χ1n) is 9.41. The number of halogens is 1. The lowest BCUT2D eigenvalue weighted by molar-refractivity contribution is 1.19. The highest BCUT2D eigenvalue weighted by Crippen LogP contribution is 2.42. The van der Waals surface area contributed by atoms with Crippen molar-refractivity contribution in [3.05, 3.63) is 102 Å². The van der Waals surface area contributed by atoms with E-state index in [4.69, 9.17) is 0 Å². The van der Waals surface area contributed by atoms with Crippen LogP contribution in [0.1, 0.15) is 0 Å². The van der Waals surface area contributed by atoms with E-state index in [2.05, 4.69) is 118 Å². The molecule has 6 rings (SSSR count). The highest BCUT2D eigenvalue weighted by Gasteiger charge is 2.18. The molecule has 0 aliphatic carbocycles. The maximum Gasteiger partial charge on any atom is 0.0625 e. The van der Waals surface area contributed by atoms with E-state index >= 15 is 0 Å². The lowest BCUT2D eigenvalue weighted by Crippen LogP contribution is -1.94. The maximum atomic E-state index is 3.69. The molecule has 5 aromatic carbocycles. The van der Waals surface area contributed by atoms with Gasteiger partial charge in [0.05, 0.1) is 11.0 Å². The molecule has 1 heterocycles. The van der Waals surface area contributed by atoms with Crippen LogP contribution in [0.3, 0.4) is 0 Å². The fourth-order valence-corrected chi connectivity index (χ4v) is 4.86. The van der Waals surface area contributed by atoms with Gasteiger partial charge in [-0.2, -0.15) is 0 Å². The number of hydrogen-bond acceptors (Lipinski definition) is 0. The van der Waals surface area contributed by atoms with Crippen molar-refractivity contribution in [2.75, 3.05) is 0 Å². The molecule has 1 nitrogen and oxygen atoms in total. The Morgan fingerprint density at radius 3 is 1.89 bits per heavy atom. The summed E-state index contributed by atoms with van der Waals surface area (Å²) in [6.07, 6.45) is 0. The van der Waals surface area contributed by atoms with Gasteiger partial charge in [0.25, 0.3) is 0 Å². The third kappa shape index (κ3) is 2.12. The number of benzene rings is 5. The number of para-hydroxylation sites is 1. The first-order valence-corrected chi connectivity index (χ1v) is 10.2. The fraction of sp³-hybridized carbons (Fsp3) is 0. The van der Waals surface area contributed by atoms with Crippen molar-refractivity contribution in [2.24, 2.45) is 0 Å². The molecule has 0 aliphatic rings.